The predicted octanol–water partition coefficient (Wildman–Crippen LogP) is 3.59. The number of benzene rings is 2. The minimum absolute atomic E-state index is 0.283. The first-order valence-corrected chi connectivity index (χ1v) is 6.10. The highest BCUT2D eigenvalue weighted by Crippen LogP contribution is 2.22. The molecule has 0 saturated carbocycles. The quantitative estimate of drug-likeness (QED) is 0.853. The van der Waals surface area contributed by atoms with Crippen molar-refractivity contribution in [2.24, 2.45) is 0 Å². The Morgan fingerprint density at radius 3 is 2.60 bits per heavy atom. The zero-order chi connectivity index (χ0) is 14.5. The van der Waals surface area contributed by atoms with E-state index in [2.05, 4.69) is 6.07 Å². The van der Waals surface area contributed by atoms with Crippen molar-refractivity contribution < 1.29 is 13.9 Å². The molecule has 0 unspecified atom stereocenters. The SMILES string of the molecule is COc1cc(COc2ccc(F)cc2C)ccc1C#N. The first-order chi connectivity index (χ1) is 9.63. The molecule has 20 heavy (non-hydrogen) atoms. The van der Waals surface area contributed by atoms with Crippen LogP contribution >= 0.6 is 0 Å². The molecule has 0 radical (unpaired) electrons. The van der Waals surface area contributed by atoms with Crippen molar-refractivity contribution in [1.82, 2.24) is 0 Å². The molecule has 0 bridgehead atoms. The van der Waals surface area contributed by atoms with E-state index in [1.807, 2.05) is 0 Å². The van der Waals surface area contributed by atoms with Gasteiger partial charge in [0.15, 0.2) is 0 Å². The number of rotatable bonds is 4. The molecule has 4 heteroatoms. The maximum Gasteiger partial charge on any atom is 0.137 e. The summed E-state index contributed by atoms with van der Waals surface area (Å²) in [5.74, 6) is 0.869. The second kappa shape index (κ2) is 6.07. The van der Waals surface area contributed by atoms with Gasteiger partial charge < -0.3 is 9.47 Å². The minimum atomic E-state index is -0.283. The molecule has 102 valence electrons. The monoisotopic (exact) mass is 271 g/mol. The summed E-state index contributed by atoms with van der Waals surface area (Å²) >= 11 is 0. The van der Waals surface area contributed by atoms with Gasteiger partial charge in [0.05, 0.1) is 12.7 Å². The van der Waals surface area contributed by atoms with Gasteiger partial charge in [-0.15, -0.1) is 0 Å². The molecule has 0 aliphatic carbocycles. The molecular weight excluding hydrogens is 257 g/mol. The lowest BCUT2D eigenvalue weighted by atomic mass is 10.1. The van der Waals surface area contributed by atoms with Crippen LogP contribution in [0.3, 0.4) is 0 Å². The molecule has 0 amide bonds. The summed E-state index contributed by atoms with van der Waals surface area (Å²) < 4.78 is 23.8. The fourth-order valence-corrected chi connectivity index (χ4v) is 1.85. The van der Waals surface area contributed by atoms with Crippen LogP contribution in [0.25, 0.3) is 0 Å². The number of aryl methyl sites for hydroxylation is 1. The van der Waals surface area contributed by atoms with Crippen molar-refractivity contribution in [1.29, 1.82) is 5.26 Å². The first kappa shape index (κ1) is 13.9. The Morgan fingerprint density at radius 2 is 1.95 bits per heavy atom. The molecule has 0 saturated heterocycles. The molecule has 0 atom stereocenters. The van der Waals surface area contributed by atoms with Crippen LogP contribution in [0.15, 0.2) is 36.4 Å². The Bertz CT molecular complexity index is 662. The number of halogens is 1. The van der Waals surface area contributed by atoms with Crippen molar-refractivity contribution in [2.45, 2.75) is 13.5 Å². The summed E-state index contributed by atoms with van der Waals surface area (Å²) in [4.78, 5) is 0. The summed E-state index contributed by atoms with van der Waals surface area (Å²) in [6.45, 7) is 2.12. The summed E-state index contributed by atoms with van der Waals surface area (Å²) in [5, 5.41) is 8.91. The van der Waals surface area contributed by atoms with Gasteiger partial charge in [-0.2, -0.15) is 5.26 Å². The predicted molar refractivity (Wildman–Crippen MR) is 73.2 cm³/mol. The standard InChI is InChI=1S/C16H14FNO2/c1-11-7-14(17)5-6-15(11)20-10-12-3-4-13(9-18)16(8-12)19-2/h3-8H,10H2,1-2H3. The molecule has 3 nitrogen and oxygen atoms in total. The topological polar surface area (TPSA) is 42.2 Å². The molecule has 0 fully saturated rings. The van der Waals surface area contributed by atoms with Crippen molar-refractivity contribution >= 4 is 0 Å². The van der Waals surface area contributed by atoms with Crippen molar-refractivity contribution in [3.63, 3.8) is 0 Å². The molecule has 0 aromatic heterocycles. The maximum absolute atomic E-state index is 13.0. The van der Waals surface area contributed by atoms with Crippen LogP contribution in [0.2, 0.25) is 0 Å². The van der Waals surface area contributed by atoms with E-state index in [1.165, 1.54) is 19.2 Å². The third-order valence-electron chi connectivity index (χ3n) is 2.92. The zero-order valence-electron chi connectivity index (χ0n) is 11.3. The van der Waals surface area contributed by atoms with Crippen molar-refractivity contribution in [3.05, 3.63) is 58.9 Å². The maximum atomic E-state index is 13.0. The van der Waals surface area contributed by atoms with Gasteiger partial charge in [0.1, 0.15) is 30.0 Å². The number of ether oxygens (including phenoxy) is 2. The Labute approximate surface area is 117 Å². The fraction of sp³-hybridized carbons (Fsp3) is 0.188. The molecule has 2 rings (SSSR count). The van der Waals surface area contributed by atoms with Gasteiger partial charge in [-0.05, 0) is 48.4 Å². The highest BCUT2D eigenvalue weighted by Gasteiger charge is 2.06. The van der Waals surface area contributed by atoms with E-state index in [1.54, 1.807) is 31.2 Å². The van der Waals surface area contributed by atoms with Crippen molar-refractivity contribution in [2.75, 3.05) is 7.11 Å². The van der Waals surface area contributed by atoms with Gasteiger partial charge >= 0.3 is 0 Å². The number of nitrogens with zero attached hydrogens (tertiary/aromatic N) is 1. The lowest BCUT2D eigenvalue weighted by Gasteiger charge is -2.10. The summed E-state index contributed by atoms with van der Waals surface area (Å²) in [5.41, 5.74) is 2.10. The van der Waals surface area contributed by atoms with E-state index in [9.17, 15) is 4.39 Å². The van der Waals surface area contributed by atoms with Crippen LogP contribution in [0.4, 0.5) is 4.39 Å². The molecular formula is C16H14FNO2. The molecule has 0 aliphatic heterocycles. The van der Waals surface area contributed by atoms with Crippen LogP contribution in [0, 0.1) is 24.1 Å². The highest BCUT2D eigenvalue weighted by molar-refractivity contribution is 5.45. The second-order valence-electron chi connectivity index (χ2n) is 4.34. The Balaban J connectivity index is 2.13. The lowest BCUT2D eigenvalue weighted by molar-refractivity contribution is 0.302. The molecule has 0 heterocycles. The Morgan fingerprint density at radius 1 is 1.15 bits per heavy atom. The van der Waals surface area contributed by atoms with Gasteiger partial charge in [0.2, 0.25) is 0 Å². The summed E-state index contributed by atoms with van der Waals surface area (Å²) in [7, 11) is 1.52. The smallest absolute Gasteiger partial charge is 0.137 e. The molecule has 2 aromatic carbocycles. The Hall–Kier alpha value is -2.54. The molecule has 0 aliphatic rings. The van der Waals surface area contributed by atoms with Gasteiger partial charge in [-0.1, -0.05) is 6.07 Å². The Kier molecular flexibility index (Phi) is 4.21. The molecule has 0 N–H and O–H groups in total. The zero-order valence-corrected chi connectivity index (χ0v) is 11.3. The first-order valence-electron chi connectivity index (χ1n) is 6.10. The van der Waals surface area contributed by atoms with Crippen LogP contribution in [0.1, 0.15) is 16.7 Å². The van der Waals surface area contributed by atoms with Crippen LogP contribution in [-0.4, -0.2) is 7.11 Å². The normalized spacial score (nSPS) is 9.90. The number of hydrogen-bond donors (Lipinski definition) is 0. The van der Waals surface area contributed by atoms with Crippen LogP contribution in [0.5, 0.6) is 11.5 Å². The van der Waals surface area contributed by atoms with E-state index < -0.39 is 0 Å². The average Bonchev–Trinajstić information content (AvgIpc) is 2.46. The fourth-order valence-electron chi connectivity index (χ4n) is 1.85. The lowest BCUT2D eigenvalue weighted by Crippen LogP contribution is -1.99. The van der Waals surface area contributed by atoms with Gasteiger partial charge in [0.25, 0.3) is 0 Å². The largest absolute Gasteiger partial charge is 0.495 e. The highest BCUT2D eigenvalue weighted by atomic mass is 19.1. The van der Waals surface area contributed by atoms with E-state index in [0.717, 1.165) is 11.1 Å². The second-order valence-corrected chi connectivity index (χ2v) is 4.34. The number of hydrogen-bond acceptors (Lipinski definition) is 3. The summed E-state index contributed by atoms with van der Waals surface area (Å²) in [6.07, 6.45) is 0. The third-order valence-corrected chi connectivity index (χ3v) is 2.92. The van der Waals surface area contributed by atoms with E-state index in [-0.39, 0.29) is 5.82 Å². The van der Waals surface area contributed by atoms with Crippen molar-refractivity contribution in [3.8, 4) is 17.6 Å². The number of nitriles is 1. The third kappa shape index (κ3) is 3.07. The minimum Gasteiger partial charge on any atom is -0.495 e. The van der Waals surface area contributed by atoms with Crippen LogP contribution < -0.4 is 9.47 Å². The summed E-state index contributed by atoms with van der Waals surface area (Å²) in [6, 6.07) is 11.7. The van der Waals surface area contributed by atoms with E-state index >= 15 is 0 Å². The van der Waals surface area contributed by atoms with Gasteiger partial charge in [-0.25, -0.2) is 4.39 Å². The van der Waals surface area contributed by atoms with Gasteiger partial charge in [0, 0.05) is 0 Å². The van der Waals surface area contributed by atoms with E-state index in [4.69, 9.17) is 14.7 Å². The average molecular weight is 271 g/mol. The van der Waals surface area contributed by atoms with E-state index in [0.29, 0.717) is 23.7 Å². The number of methoxy groups -OCH3 is 1. The van der Waals surface area contributed by atoms with Gasteiger partial charge in [-0.3, -0.25) is 0 Å². The molecule has 2 aromatic rings. The van der Waals surface area contributed by atoms with Crippen LogP contribution in [-0.2, 0) is 6.61 Å². The molecule has 0 spiro atoms.